The molecule has 2 aromatic heterocycles. The minimum absolute atomic E-state index is 0.443. The SMILES string of the molecule is Cn1cc(C(C)(O)CNCc2nc(-c3ccccc3)cs2)cn1. The Kier molecular flexibility index (Phi) is 4.56. The van der Waals surface area contributed by atoms with Gasteiger partial charge >= 0.3 is 0 Å². The highest BCUT2D eigenvalue weighted by molar-refractivity contribution is 7.09. The molecule has 1 unspecified atom stereocenters. The molecule has 5 nitrogen and oxygen atoms in total. The number of nitrogens with one attached hydrogen (secondary N) is 1. The van der Waals surface area contributed by atoms with Crippen LogP contribution in [0.15, 0.2) is 48.1 Å². The monoisotopic (exact) mass is 328 g/mol. The van der Waals surface area contributed by atoms with Crippen LogP contribution in [0.5, 0.6) is 0 Å². The maximum absolute atomic E-state index is 10.5. The van der Waals surface area contributed by atoms with E-state index in [2.05, 4.69) is 32.9 Å². The molecule has 1 aromatic carbocycles. The van der Waals surface area contributed by atoms with Crippen LogP contribution >= 0.6 is 11.3 Å². The summed E-state index contributed by atoms with van der Waals surface area (Å²) in [7, 11) is 1.84. The molecule has 0 fully saturated rings. The lowest BCUT2D eigenvalue weighted by Gasteiger charge is -2.22. The number of aromatic nitrogens is 3. The first-order valence-electron chi connectivity index (χ1n) is 7.47. The number of benzene rings is 1. The van der Waals surface area contributed by atoms with Gasteiger partial charge in [-0.2, -0.15) is 5.10 Å². The lowest BCUT2D eigenvalue weighted by atomic mass is 10.00. The highest BCUT2D eigenvalue weighted by Gasteiger charge is 2.24. The van der Waals surface area contributed by atoms with Crippen molar-refractivity contribution >= 4 is 11.3 Å². The molecule has 0 bridgehead atoms. The smallest absolute Gasteiger partial charge is 0.107 e. The fraction of sp³-hybridized carbons (Fsp3) is 0.294. The molecule has 0 saturated carbocycles. The van der Waals surface area contributed by atoms with Crippen molar-refractivity contribution in [2.75, 3.05) is 6.54 Å². The normalized spacial score (nSPS) is 13.9. The first-order chi connectivity index (χ1) is 11.0. The van der Waals surface area contributed by atoms with Gasteiger partial charge in [0, 0.05) is 42.8 Å². The zero-order valence-corrected chi connectivity index (χ0v) is 14.0. The molecule has 0 aliphatic rings. The molecular weight excluding hydrogens is 308 g/mol. The molecule has 0 aliphatic heterocycles. The van der Waals surface area contributed by atoms with Gasteiger partial charge in [-0.25, -0.2) is 4.98 Å². The van der Waals surface area contributed by atoms with Crippen LogP contribution in [0.3, 0.4) is 0 Å². The molecule has 2 heterocycles. The van der Waals surface area contributed by atoms with Gasteiger partial charge in [-0.15, -0.1) is 11.3 Å². The van der Waals surface area contributed by atoms with Crippen LogP contribution in [0.1, 0.15) is 17.5 Å². The lowest BCUT2D eigenvalue weighted by Crippen LogP contribution is -2.34. The second-order valence-corrected chi connectivity index (χ2v) is 6.72. The van der Waals surface area contributed by atoms with Crippen molar-refractivity contribution in [3.8, 4) is 11.3 Å². The summed E-state index contributed by atoms with van der Waals surface area (Å²) in [6.45, 7) is 2.86. The van der Waals surface area contributed by atoms with E-state index in [9.17, 15) is 5.11 Å². The summed E-state index contributed by atoms with van der Waals surface area (Å²) in [6.07, 6.45) is 3.52. The van der Waals surface area contributed by atoms with E-state index in [0.29, 0.717) is 13.1 Å². The number of nitrogens with zero attached hydrogens (tertiary/aromatic N) is 3. The summed E-state index contributed by atoms with van der Waals surface area (Å²) in [5, 5.41) is 21.0. The van der Waals surface area contributed by atoms with Gasteiger partial charge in [-0.3, -0.25) is 4.68 Å². The standard InChI is InChI=1S/C17H20N4OS/c1-17(22,14-8-19-21(2)10-14)12-18-9-16-20-15(11-23-16)13-6-4-3-5-7-13/h3-8,10-11,18,22H,9,12H2,1-2H3. The Balaban J connectivity index is 1.58. The molecule has 6 heteroatoms. The van der Waals surface area contributed by atoms with Crippen LogP contribution in [0.25, 0.3) is 11.3 Å². The Morgan fingerprint density at radius 2 is 2.09 bits per heavy atom. The molecule has 120 valence electrons. The number of hydrogen-bond donors (Lipinski definition) is 2. The first-order valence-corrected chi connectivity index (χ1v) is 8.34. The van der Waals surface area contributed by atoms with Crippen LogP contribution in [0.2, 0.25) is 0 Å². The number of rotatable bonds is 6. The predicted octanol–water partition coefficient (Wildman–Crippen LogP) is 2.54. The van der Waals surface area contributed by atoms with Crippen molar-refractivity contribution < 1.29 is 5.11 Å². The molecule has 0 spiro atoms. The number of thiazole rings is 1. The Morgan fingerprint density at radius 3 is 2.78 bits per heavy atom. The fourth-order valence-electron chi connectivity index (χ4n) is 2.35. The van der Waals surface area contributed by atoms with E-state index in [-0.39, 0.29) is 0 Å². The third-order valence-electron chi connectivity index (χ3n) is 3.69. The maximum Gasteiger partial charge on any atom is 0.107 e. The van der Waals surface area contributed by atoms with Gasteiger partial charge in [-0.05, 0) is 6.92 Å². The summed E-state index contributed by atoms with van der Waals surface area (Å²) in [6, 6.07) is 10.1. The van der Waals surface area contributed by atoms with Gasteiger partial charge in [0.1, 0.15) is 10.6 Å². The predicted molar refractivity (Wildman–Crippen MR) is 92.0 cm³/mol. The van der Waals surface area contributed by atoms with Gasteiger partial charge in [0.25, 0.3) is 0 Å². The van der Waals surface area contributed by atoms with E-state index >= 15 is 0 Å². The summed E-state index contributed by atoms with van der Waals surface area (Å²) in [4.78, 5) is 4.63. The fourth-order valence-corrected chi connectivity index (χ4v) is 3.12. The highest BCUT2D eigenvalue weighted by Crippen LogP contribution is 2.22. The topological polar surface area (TPSA) is 63.0 Å². The van der Waals surface area contributed by atoms with E-state index < -0.39 is 5.60 Å². The van der Waals surface area contributed by atoms with Crippen LogP contribution in [-0.2, 0) is 19.2 Å². The Hall–Kier alpha value is -2.02. The molecule has 1 atom stereocenters. The van der Waals surface area contributed by atoms with Crippen LogP contribution in [0, 0.1) is 0 Å². The lowest BCUT2D eigenvalue weighted by molar-refractivity contribution is 0.0566. The van der Waals surface area contributed by atoms with Gasteiger partial charge in [0.2, 0.25) is 0 Å². The molecule has 23 heavy (non-hydrogen) atoms. The Labute approximate surface area is 139 Å². The van der Waals surface area contributed by atoms with E-state index in [1.54, 1.807) is 29.1 Å². The van der Waals surface area contributed by atoms with Gasteiger partial charge in [0.05, 0.1) is 11.9 Å². The van der Waals surface area contributed by atoms with Crippen molar-refractivity contribution in [3.63, 3.8) is 0 Å². The maximum atomic E-state index is 10.5. The third-order valence-corrected chi connectivity index (χ3v) is 4.54. The molecule has 0 radical (unpaired) electrons. The first kappa shape index (κ1) is 15.9. The zero-order valence-electron chi connectivity index (χ0n) is 13.2. The van der Waals surface area contributed by atoms with E-state index in [4.69, 9.17) is 0 Å². The minimum Gasteiger partial charge on any atom is -0.384 e. The molecule has 0 aliphatic carbocycles. The van der Waals surface area contributed by atoms with Crippen molar-refractivity contribution in [1.29, 1.82) is 0 Å². The van der Waals surface area contributed by atoms with Gasteiger partial charge in [0.15, 0.2) is 0 Å². The molecule has 3 aromatic rings. The van der Waals surface area contributed by atoms with Crippen molar-refractivity contribution in [2.24, 2.45) is 7.05 Å². The Morgan fingerprint density at radius 1 is 1.30 bits per heavy atom. The number of aliphatic hydroxyl groups is 1. The second kappa shape index (κ2) is 6.62. The summed E-state index contributed by atoms with van der Waals surface area (Å²) >= 11 is 1.62. The zero-order chi connectivity index (χ0) is 16.3. The molecule has 0 saturated heterocycles. The Bertz CT molecular complexity index is 764. The second-order valence-electron chi connectivity index (χ2n) is 5.77. The molecule has 0 amide bonds. The molecular formula is C17H20N4OS. The molecule has 2 N–H and O–H groups in total. The van der Waals surface area contributed by atoms with Crippen LogP contribution in [0.4, 0.5) is 0 Å². The van der Waals surface area contributed by atoms with E-state index in [1.807, 2.05) is 31.4 Å². The van der Waals surface area contributed by atoms with Crippen molar-refractivity contribution in [1.82, 2.24) is 20.1 Å². The third kappa shape index (κ3) is 3.85. The summed E-state index contributed by atoms with van der Waals surface area (Å²) in [5.74, 6) is 0. The summed E-state index contributed by atoms with van der Waals surface area (Å²) in [5.41, 5.74) is 1.97. The van der Waals surface area contributed by atoms with Crippen LogP contribution < -0.4 is 5.32 Å². The average Bonchev–Trinajstić information content (AvgIpc) is 3.17. The highest BCUT2D eigenvalue weighted by atomic mass is 32.1. The largest absolute Gasteiger partial charge is 0.384 e. The van der Waals surface area contributed by atoms with Crippen molar-refractivity contribution in [2.45, 2.75) is 19.1 Å². The van der Waals surface area contributed by atoms with Gasteiger partial charge < -0.3 is 10.4 Å². The van der Waals surface area contributed by atoms with E-state index in [0.717, 1.165) is 21.8 Å². The van der Waals surface area contributed by atoms with Gasteiger partial charge in [-0.1, -0.05) is 30.3 Å². The minimum atomic E-state index is -0.951. The summed E-state index contributed by atoms with van der Waals surface area (Å²) < 4.78 is 1.69. The molecule has 3 rings (SSSR count). The van der Waals surface area contributed by atoms with E-state index in [1.165, 1.54) is 0 Å². The average molecular weight is 328 g/mol. The van der Waals surface area contributed by atoms with Crippen molar-refractivity contribution in [3.05, 3.63) is 58.7 Å². The van der Waals surface area contributed by atoms with Crippen LogP contribution in [-0.4, -0.2) is 26.4 Å². The number of aryl methyl sites for hydroxylation is 1. The quantitative estimate of drug-likeness (QED) is 0.730. The number of hydrogen-bond acceptors (Lipinski definition) is 5.